The predicted molar refractivity (Wildman–Crippen MR) is 73.3 cm³/mol. The van der Waals surface area contributed by atoms with Crippen molar-refractivity contribution in [3.05, 3.63) is 24.3 Å². The van der Waals surface area contributed by atoms with Crippen LogP contribution in [0.4, 0.5) is 26.3 Å². The fraction of sp³-hybridized carbons (Fsp3) is 0.571. The van der Waals surface area contributed by atoms with Gasteiger partial charge in [-0.05, 0) is 20.8 Å². The summed E-state index contributed by atoms with van der Waals surface area (Å²) >= 11 is 0. The third-order valence-electron chi connectivity index (χ3n) is 3.06. The van der Waals surface area contributed by atoms with Gasteiger partial charge in [-0.2, -0.15) is 26.3 Å². The van der Waals surface area contributed by atoms with Gasteiger partial charge >= 0.3 is 35.7 Å². The monoisotopic (exact) mass is 394 g/mol. The lowest BCUT2D eigenvalue weighted by Crippen LogP contribution is -2.76. The van der Waals surface area contributed by atoms with Crippen LogP contribution in [0.25, 0.3) is 0 Å². The van der Waals surface area contributed by atoms with E-state index in [2.05, 4.69) is 22.6 Å². The number of aliphatic hydroxyl groups is 2. The molecule has 0 rings (SSSR count). The van der Waals surface area contributed by atoms with E-state index in [0.717, 1.165) is 13.8 Å². The molecule has 0 aliphatic heterocycles. The van der Waals surface area contributed by atoms with Crippen molar-refractivity contribution in [2.45, 2.75) is 50.6 Å². The summed E-state index contributed by atoms with van der Waals surface area (Å²) in [6.07, 6.45) is -16.2. The molecule has 0 heterocycles. The second-order valence-electron chi connectivity index (χ2n) is 5.39. The summed E-state index contributed by atoms with van der Waals surface area (Å²) in [4.78, 5) is 23.2. The van der Waals surface area contributed by atoms with E-state index in [9.17, 15) is 46.1 Å². The molecule has 0 aromatic heterocycles. The topological polar surface area (TPSA) is 93.1 Å². The van der Waals surface area contributed by atoms with Crippen LogP contribution in [-0.4, -0.2) is 52.0 Å². The van der Waals surface area contributed by atoms with Gasteiger partial charge in [0.25, 0.3) is 0 Å². The van der Waals surface area contributed by atoms with Crippen LogP contribution in [0.15, 0.2) is 24.3 Å². The third kappa shape index (κ3) is 4.01. The SMILES string of the molecule is C=C(C)C(=O)OC(OC(=O)C(=C)C)(C(C)O)C(O)(C(F)(F)F)C(F)(F)F. The molecule has 0 saturated carbocycles. The summed E-state index contributed by atoms with van der Waals surface area (Å²) in [6, 6.07) is 0. The molecule has 12 heteroatoms. The smallest absolute Gasteiger partial charge is 0.412 e. The summed E-state index contributed by atoms with van der Waals surface area (Å²) in [5.41, 5.74) is -7.38. The molecule has 0 aromatic rings. The lowest BCUT2D eigenvalue weighted by atomic mass is 9.86. The van der Waals surface area contributed by atoms with Crippen LogP contribution in [0.3, 0.4) is 0 Å². The second kappa shape index (κ2) is 7.27. The summed E-state index contributed by atoms with van der Waals surface area (Å²) in [6.45, 7) is 7.93. The molecule has 0 aromatic carbocycles. The van der Waals surface area contributed by atoms with Crippen LogP contribution in [0, 0.1) is 0 Å². The van der Waals surface area contributed by atoms with Crippen molar-refractivity contribution in [1.82, 2.24) is 0 Å². The molecule has 1 unspecified atom stereocenters. The Morgan fingerprint density at radius 1 is 0.885 bits per heavy atom. The van der Waals surface area contributed by atoms with E-state index in [-0.39, 0.29) is 0 Å². The molecule has 150 valence electrons. The van der Waals surface area contributed by atoms with Gasteiger partial charge in [0.2, 0.25) is 0 Å². The Kier molecular flexibility index (Phi) is 6.69. The molecular weight excluding hydrogens is 378 g/mol. The molecule has 0 saturated heterocycles. The first-order valence-electron chi connectivity index (χ1n) is 6.66. The van der Waals surface area contributed by atoms with Gasteiger partial charge in [-0.25, -0.2) is 9.59 Å². The maximum absolute atomic E-state index is 13.3. The first-order valence-corrected chi connectivity index (χ1v) is 6.66. The molecule has 0 fully saturated rings. The van der Waals surface area contributed by atoms with E-state index in [1.165, 1.54) is 0 Å². The summed E-state index contributed by atoms with van der Waals surface area (Å²) in [7, 11) is 0. The lowest BCUT2D eigenvalue weighted by Gasteiger charge is -2.46. The molecular formula is C14H16F6O6. The highest BCUT2D eigenvalue weighted by molar-refractivity contribution is 5.89. The Bertz CT molecular complexity index is 562. The Morgan fingerprint density at radius 3 is 1.31 bits per heavy atom. The van der Waals surface area contributed by atoms with Gasteiger partial charge in [0.15, 0.2) is 0 Å². The van der Waals surface area contributed by atoms with Crippen LogP contribution >= 0.6 is 0 Å². The zero-order valence-corrected chi connectivity index (χ0v) is 13.8. The Hall–Kier alpha value is -2.08. The van der Waals surface area contributed by atoms with Crippen molar-refractivity contribution >= 4 is 11.9 Å². The molecule has 0 amide bonds. The first kappa shape index (κ1) is 23.9. The zero-order chi connectivity index (χ0) is 21.3. The van der Waals surface area contributed by atoms with Crippen LogP contribution in [-0.2, 0) is 19.1 Å². The van der Waals surface area contributed by atoms with E-state index in [4.69, 9.17) is 0 Å². The average molecular weight is 394 g/mol. The second-order valence-corrected chi connectivity index (χ2v) is 5.39. The summed E-state index contributed by atoms with van der Waals surface area (Å²) in [5.74, 6) is -8.42. The van der Waals surface area contributed by atoms with Crippen LogP contribution in [0.5, 0.6) is 0 Å². The highest BCUT2D eigenvalue weighted by atomic mass is 19.4. The third-order valence-corrected chi connectivity index (χ3v) is 3.06. The summed E-state index contributed by atoms with van der Waals surface area (Å²) in [5, 5.41) is 19.2. The van der Waals surface area contributed by atoms with Crippen LogP contribution < -0.4 is 0 Å². The molecule has 0 spiro atoms. The van der Waals surface area contributed by atoms with E-state index < -0.39 is 52.9 Å². The summed E-state index contributed by atoms with van der Waals surface area (Å²) < 4.78 is 87.6. The Morgan fingerprint density at radius 2 is 1.15 bits per heavy atom. The van der Waals surface area contributed by atoms with Crippen molar-refractivity contribution in [1.29, 1.82) is 0 Å². The fourth-order valence-corrected chi connectivity index (χ4v) is 1.65. The Balaban J connectivity index is 6.94. The number of halogens is 6. The van der Waals surface area contributed by atoms with Crippen molar-refractivity contribution < 1.29 is 55.6 Å². The van der Waals surface area contributed by atoms with Crippen molar-refractivity contribution in [2.24, 2.45) is 0 Å². The fourth-order valence-electron chi connectivity index (χ4n) is 1.65. The van der Waals surface area contributed by atoms with Gasteiger partial charge in [0.05, 0.1) is 0 Å². The van der Waals surface area contributed by atoms with E-state index in [0.29, 0.717) is 6.92 Å². The number of esters is 2. The van der Waals surface area contributed by atoms with Gasteiger partial charge in [-0.1, -0.05) is 13.2 Å². The number of carbonyl (C=O) groups is 2. The Labute approximate surface area is 143 Å². The maximum Gasteiger partial charge on any atom is 0.434 e. The minimum absolute atomic E-state index is 0.292. The molecule has 2 N–H and O–H groups in total. The number of carbonyl (C=O) groups excluding carboxylic acids is 2. The van der Waals surface area contributed by atoms with Gasteiger partial charge in [-0.3, -0.25) is 0 Å². The van der Waals surface area contributed by atoms with E-state index >= 15 is 0 Å². The number of rotatable bonds is 6. The van der Waals surface area contributed by atoms with Gasteiger partial charge in [0, 0.05) is 11.1 Å². The minimum atomic E-state index is -6.59. The normalized spacial score (nSPS) is 14.4. The molecule has 0 bridgehead atoms. The maximum atomic E-state index is 13.3. The van der Waals surface area contributed by atoms with Crippen LogP contribution in [0.2, 0.25) is 0 Å². The number of aliphatic hydroxyl groups excluding tert-OH is 1. The molecule has 0 aliphatic carbocycles. The molecule has 0 radical (unpaired) electrons. The zero-order valence-electron chi connectivity index (χ0n) is 13.8. The van der Waals surface area contributed by atoms with Crippen molar-refractivity contribution in [2.75, 3.05) is 0 Å². The molecule has 26 heavy (non-hydrogen) atoms. The molecule has 6 nitrogen and oxygen atoms in total. The van der Waals surface area contributed by atoms with Gasteiger partial charge in [-0.15, -0.1) is 0 Å². The average Bonchev–Trinajstić information content (AvgIpc) is 2.42. The quantitative estimate of drug-likeness (QED) is 0.310. The number of hydrogen-bond donors (Lipinski definition) is 2. The number of alkyl halides is 6. The molecule has 1 atom stereocenters. The molecule has 0 aliphatic rings. The highest BCUT2D eigenvalue weighted by Crippen LogP contribution is 2.52. The van der Waals surface area contributed by atoms with Gasteiger partial charge < -0.3 is 19.7 Å². The van der Waals surface area contributed by atoms with Crippen LogP contribution in [0.1, 0.15) is 20.8 Å². The van der Waals surface area contributed by atoms with Crippen molar-refractivity contribution in [3.63, 3.8) is 0 Å². The van der Waals surface area contributed by atoms with E-state index in [1.54, 1.807) is 0 Å². The first-order chi connectivity index (χ1) is 11.3. The minimum Gasteiger partial charge on any atom is -0.412 e. The number of ether oxygens (including phenoxy) is 2. The largest absolute Gasteiger partial charge is 0.434 e. The predicted octanol–water partition coefficient (Wildman–Crippen LogP) is 2.16. The highest BCUT2D eigenvalue weighted by Gasteiger charge is 2.85. The van der Waals surface area contributed by atoms with Crippen molar-refractivity contribution in [3.8, 4) is 0 Å². The van der Waals surface area contributed by atoms with Gasteiger partial charge in [0.1, 0.15) is 6.10 Å². The lowest BCUT2D eigenvalue weighted by molar-refractivity contribution is -0.459. The number of hydrogen-bond acceptors (Lipinski definition) is 6. The van der Waals surface area contributed by atoms with E-state index in [1.807, 2.05) is 0 Å². The standard InChI is InChI=1S/C14H16F6O6/c1-6(2)9(22)25-11(8(5)21,26-10(23)7(3)4)12(24,13(15,16)17)14(18,19)20/h8,21,24H,1,3H2,2,4-5H3.